The lowest BCUT2D eigenvalue weighted by Crippen LogP contribution is -2.35. The van der Waals surface area contributed by atoms with Gasteiger partial charge in [-0.25, -0.2) is 4.39 Å². The van der Waals surface area contributed by atoms with E-state index in [4.69, 9.17) is 0 Å². The fraction of sp³-hybridized carbons (Fsp3) is 0.500. The van der Waals surface area contributed by atoms with E-state index in [0.29, 0.717) is 0 Å². The molecule has 1 atom stereocenters. The number of benzene rings is 1. The molecule has 1 fully saturated rings. The van der Waals surface area contributed by atoms with Crippen LogP contribution < -0.4 is 0 Å². The molecule has 0 spiro atoms. The Balaban J connectivity index is 2.44. The fourth-order valence-corrected chi connectivity index (χ4v) is 3.01. The van der Waals surface area contributed by atoms with Crippen LogP contribution in [-0.4, -0.2) is 11.1 Å². The molecule has 1 aromatic rings. The number of aliphatic carboxylic acids is 1. The zero-order valence-electron chi connectivity index (χ0n) is 9.95. The van der Waals surface area contributed by atoms with Gasteiger partial charge in [-0.05, 0) is 30.5 Å². The highest BCUT2D eigenvalue weighted by Gasteiger charge is 2.43. The molecule has 2 nitrogen and oxygen atoms in total. The van der Waals surface area contributed by atoms with E-state index in [1.165, 1.54) is 12.1 Å². The zero-order chi connectivity index (χ0) is 12.5. The summed E-state index contributed by atoms with van der Waals surface area (Å²) in [5.41, 5.74) is 0.457. The van der Waals surface area contributed by atoms with Gasteiger partial charge in [0.15, 0.2) is 0 Å². The number of hydrogen-bond acceptors (Lipinski definition) is 1. The number of carbonyl (C=O) groups is 1. The van der Waals surface area contributed by atoms with Gasteiger partial charge in [0, 0.05) is 5.41 Å². The summed E-state index contributed by atoms with van der Waals surface area (Å²) in [5.74, 6) is -1.55. The van der Waals surface area contributed by atoms with Gasteiger partial charge in [-0.3, -0.25) is 4.79 Å². The van der Waals surface area contributed by atoms with Crippen molar-refractivity contribution in [2.45, 2.75) is 38.0 Å². The van der Waals surface area contributed by atoms with Crippen molar-refractivity contribution in [3.63, 3.8) is 0 Å². The summed E-state index contributed by atoms with van der Waals surface area (Å²) in [6.07, 6.45) is 3.72. The van der Waals surface area contributed by atoms with E-state index < -0.39 is 11.9 Å². The predicted molar refractivity (Wildman–Crippen MR) is 63.3 cm³/mol. The fourth-order valence-electron chi connectivity index (χ4n) is 3.01. The van der Waals surface area contributed by atoms with E-state index in [1.54, 1.807) is 13.0 Å². The van der Waals surface area contributed by atoms with Crippen molar-refractivity contribution >= 4 is 5.97 Å². The molecular formula is C14H17FO2. The van der Waals surface area contributed by atoms with Gasteiger partial charge in [0.25, 0.3) is 0 Å². The van der Waals surface area contributed by atoms with Crippen LogP contribution in [0.3, 0.4) is 0 Å². The van der Waals surface area contributed by atoms with E-state index >= 15 is 0 Å². The predicted octanol–water partition coefficient (Wildman–Crippen LogP) is 3.36. The minimum absolute atomic E-state index is 0.286. The molecule has 1 N–H and O–H groups in total. The van der Waals surface area contributed by atoms with Crippen LogP contribution in [0.4, 0.5) is 4.39 Å². The third-order valence-corrected chi connectivity index (χ3v) is 4.09. The van der Waals surface area contributed by atoms with Gasteiger partial charge in [-0.15, -0.1) is 0 Å². The quantitative estimate of drug-likeness (QED) is 0.873. The average Bonchev–Trinajstić information content (AvgIpc) is 2.78. The Morgan fingerprint density at radius 3 is 2.59 bits per heavy atom. The average molecular weight is 236 g/mol. The molecule has 2 rings (SSSR count). The molecule has 0 aliphatic heterocycles. The molecule has 1 aromatic carbocycles. The smallest absolute Gasteiger partial charge is 0.307 e. The first-order valence-electron chi connectivity index (χ1n) is 6.05. The molecule has 0 heterocycles. The van der Waals surface area contributed by atoms with Gasteiger partial charge in [-0.1, -0.05) is 31.9 Å². The molecule has 1 saturated carbocycles. The number of hydrogen-bond donors (Lipinski definition) is 1. The third-order valence-electron chi connectivity index (χ3n) is 4.09. The summed E-state index contributed by atoms with van der Waals surface area (Å²) in [5, 5.41) is 9.24. The van der Waals surface area contributed by atoms with Crippen LogP contribution >= 0.6 is 0 Å². The highest BCUT2D eigenvalue weighted by molar-refractivity contribution is 5.72. The monoisotopic (exact) mass is 236 g/mol. The van der Waals surface area contributed by atoms with E-state index in [1.807, 2.05) is 6.07 Å². The molecular weight excluding hydrogens is 219 g/mol. The van der Waals surface area contributed by atoms with E-state index in [0.717, 1.165) is 31.2 Å². The first kappa shape index (κ1) is 12.1. The second-order valence-electron chi connectivity index (χ2n) is 4.93. The highest BCUT2D eigenvalue weighted by atomic mass is 19.1. The first-order valence-corrected chi connectivity index (χ1v) is 6.05. The van der Waals surface area contributed by atoms with Crippen molar-refractivity contribution in [2.24, 2.45) is 5.92 Å². The molecule has 3 heteroatoms. The Kier molecular flexibility index (Phi) is 3.18. The van der Waals surface area contributed by atoms with Gasteiger partial charge in [0.2, 0.25) is 0 Å². The summed E-state index contributed by atoms with van der Waals surface area (Å²) in [6.45, 7) is 1.73. The minimum atomic E-state index is -0.795. The maximum Gasteiger partial charge on any atom is 0.307 e. The summed E-state index contributed by atoms with van der Waals surface area (Å²) in [4.78, 5) is 11.3. The van der Waals surface area contributed by atoms with E-state index in [-0.39, 0.29) is 11.2 Å². The summed E-state index contributed by atoms with van der Waals surface area (Å²) in [6, 6.07) is 6.41. The first-order chi connectivity index (χ1) is 8.06. The molecule has 1 aliphatic carbocycles. The van der Waals surface area contributed by atoms with Crippen LogP contribution in [-0.2, 0) is 10.2 Å². The molecule has 0 aromatic heterocycles. The lowest BCUT2D eigenvalue weighted by Gasteiger charge is -2.33. The van der Waals surface area contributed by atoms with Crippen LogP contribution in [0.15, 0.2) is 24.3 Å². The molecule has 17 heavy (non-hydrogen) atoms. The van der Waals surface area contributed by atoms with Crippen molar-refractivity contribution in [1.29, 1.82) is 0 Å². The van der Waals surface area contributed by atoms with Gasteiger partial charge in [0.1, 0.15) is 5.82 Å². The Morgan fingerprint density at radius 1 is 1.41 bits per heavy atom. The number of carboxylic acid groups (broad SMARTS) is 1. The topological polar surface area (TPSA) is 37.3 Å². The van der Waals surface area contributed by atoms with E-state index in [9.17, 15) is 14.3 Å². The minimum Gasteiger partial charge on any atom is -0.481 e. The van der Waals surface area contributed by atoms with Crippen LogP contribution in [0.1, 0.15) is 38.2 Å². The van der Waals surface area contributed by atoms with E-state index in [2.05, 4.69) is 0 Å². The van der Waals surface area contributed by atoms with Crippen LogP contribution in [0.2, 0.25) is 0 Å². The summed E-state index contributed by atoms with van der Waals surface area (Å²) < 4.78 is 13.3. The molecule has 0 saturated heterocycles. The molecule has 1 aliphatic rings. The summed E-state index contributed by atoms with van der Waals surface area (Å²) in [7, 11) is 0. The van der Waals surface area contributed by atoms with Crippen molar-refractivity contribution in [2.75, 3.05) is 0 Å². The lowest BCUT2D eigenvalue weighted by molar-refractivity contribution is -0.143. The van der Waals surface area contributed by atoms with Gasteiger partial charge in [-0.2, -0.15) is 0 Å². The maximum atomic E-state index is 13.3. The number of rotatable bonds is 3. The zero-order valence-corrected chi connectivity index (χ0v) is 9.95. The third kappa shape index (κ3) is 2.06. The largest absolute Gasteiger partial charge is 0.481 e. The van der Waals surface area contributed by atoms with Crippen LogP contribution in [0, 0.1) is 11.7 Å². The number of carboxylic acids is 1. The molecule has 0 bridgehead atoms. The SMILES string of the molecule is CC(C(=O)O)C1(c2cccc(F)c2)CCCC1. The van der Waals surface area contributed by atoms with Crippen molar-refractivity contribution in [3.8, 4) is 0 Å². The van der Waals surface area contributed by atoms with Crippen molar-refractivity contribution in [3.05, 3.63) is 35.6 Å². The van der Waals surface area contributed by atoms with Crippen LogP contribution in [0.5, 0.6) is 0 Å². The van der Waals surface area contributed by atoms with Gasteiger partial charge in [0.05, 0.1) is 5.92 Å². The van der Waals surface area contributed by atoms with Crippen molar-refractivity contribution in [1.82, 2.24) is 0 Å². The standard InChI is InChI=1S/C14H17FO2/c1-10(13(16)17)14(7-2-3-8-14)11-5-4-6-12(15)9-11/h4-6,9-10H,2-3,7-8H2,1H3,(H,16,17). The van der Waals surface area contributed by atoms with Gasteiger partial charge < -0.3 is 5.11 Å². The molecule has 92 valence electrons. The van der Waals surface area contributed by atoms with Crippen LogP contribution in [0.25, 0.3) is 0 Å². The Bertz CT molecular complexity index is 422. The van der Waals surface area contributed by atoms with Gasteiger partial charge >= 0.3 is 5.97 Å². The highest BCUT2D eigenvalue weighted by Crippen LogP contribution is 2.46. The molecule has 0 amide bonds. The molecule has 0 radical (unpaired) electrons. The Hall–Kier alpha value is -1.38. The van der Waals surface area contributed by atoms with Crippen molar-refractivity contribution < 1.29 is 14.3 Å². The number of halogens is 1. The Labute approximate surface area is 100 Å². The normalized spacial score (nSPS) is 20.1. The lowest BCUT2D eigenvalue weighted by atomic mass is 9.69. The maximum absolute atomic E-state index is 13.3. The second kappa shape index (κ2) is 4.47. The second-order valence-corrected chi connectivity index (χ2v) is 4.93. The molecule has 1 unspecified atom stereocenters. The summed E-state index contributed by atoms with van der Waals surface area (Å²) >= 11 is 0. The Morgan fingerprint density at radius 2 is 2.06 bits per heavy atom.